The summed E-state index contributed by atoms with van der Waals surface area (Å²) in [4.78, 5) is 7.99. The molecule has 1 fully saturated rings. The van der Waals surface area contributed by atoms with Crippen molar-refractivity contribution in [2.24, 2.45) is 0 Å². The Kier molecular flexibility index (Phi) is 6.44. The second kappa shape index (κ2) is 8.33. The van der Waals surface area contributed by atoms with E-state index in [1.165, 1.54) is 18.8 Å². The molecule has 21 heavy (non-hydrogen) atoms. The maximum absolute atomic E-state index is 12.0. The van der Waals surface area contributed by atoms with Crippen LogP contribution in [0.1, 0.15) is 26.2 Å². The van der Waals surface area contributed by atoms with Gasteiger partial charge in [-0.2, -0.15) is 8.78 Å². The molecule has 0 bridgehead atoms. The number of halogens is 2. The highest BCUT2D eigenvalue weighted by molar-refractivity contribution is 7.97. The Bertz CT molecular complexity index is 413. The molecule has 0 unspecified atom stereocenters. The van der Waals surface area contributed by atoms with Crippen LogP contribution in [0.25, 0.3) is 0 Å². The van der Waals surface area contributed by atoms with Crippen molar-refractivity contribution in [3.8, 4) is 5.75 Å². The van der Waals surface area contributed by atoms with Crippen LogP contribution in [-0.4, -0.2) is 45.8 Å². The Morgan fingerprint density at radius 1 is 1.38 bits per heavy atom. The van der Waals surface area contributed by atoms with E-state index in [2.05, 4.69) is 31.3 Å². The van der Waals surface area contributed by atoms with Crippen LogP contribution in [0.15, 0.2) is 12.4 Å². The summed E-state index contributed by atoms with van der Waals surface area (Å²) >= 11 is 1.90. The lowest BCUT2D eigenvalue weighted by Gasteiger charge is -2.31. The van der Waals surface area contributed by atoms with Crippen molar-refractivity contribution in [3.63, 3.8) is 0 Å². The number of rotatable bonds is 7. The largest absolute Gasteiger partial charge is 0.432 e. The topological polar surface area (TPSA) is 50.3 Å². The van der Waals surface area contributed by atoms with Gasteiger partial charge in [-0.1, -0.05) is 18.9 Å². The standard InChI is InChI=1S/C13H20F2N4OS/c1-2-7-21-19-5-3-10(4-6-19)18-13-16-8-11(9-17-13)20-12(14)15/h8-10,12H,2-7H2,1H3,(H,16,17,18). The monoisotopic (exact) mass is 318 g/mol. The SMILES string of the molecule is CCCSN1CCC(Nc2ncc(OC(F)F)cn2)CC1. The van der Waals surface area contributed by atoms with Crippen LogP contribution in [-0.2, 0) is 0 Å². The van der Waals surface area contributed by atoms with Gasteiger partial charge in [-0.25, -0.2) is 9.97 Å². The minimum absolute atomic E-state index is 0.0265. The zero-order valence-corrected chi connectivity index (χ0v) is 12.8. The Morgan fingerprint density at radius 2 is 2.05 bits per heavy atom. The first-order valence-electron chi connectivity index (χ1n) is 7.08. The average molecular weight is 318 g/mol. The molecule has 0 aliphatic carbocycles. The first-order valence-corrected chi connectivity index (χ1v) is 8.03. The third-order valence-electron chi connectivity index (χ3n) is 3.12. The molecule has 0 aromatic carbocycles. The van der Waals surface area contributed by atoms with E-state index in [-0.39, 0.29) is 5.75 Å². The second-order valence-electron chi connectivity index (χ2n) is 4.80. The number of hydrogen-bond donors (Lipinski definition) is 1. The number of piperidine rings is 1. The van der Waals surface area contributed by atoms with Crippen molar-refractivity contribution < 1.29 is 13.5 Å². The number of nitrogens with one attached hydrogen (secondary N) is 1. The molecule has 0 spiro atoms. The molecule has 1 aliphatic heterocycles. The molecule has 0 amide bonds. The highest BCUT2D eigenvalue weighted by Crippen LogP contribution is 2.21. The number of nitrogens with zero attached hydrogens (tertiary/aromatic N) is 3. The molecule has 118 valence electrons. The van der Waals surface area contributed by atoms with Gasteiger partial charge in [0.25, 0.3) is 0 Å². The van der Waals surface area contributed by atoms with Gasteiger partial charge < -0.3 is 10.1 Å². The van der Waals surface area contributed by atoms with Crippen LogP contribution in [0.4, 0.5) is 14.7 Å². The van der Waals surface area contributed by atoms with Gasteiger partial charge in [0.05, 0.1) is 12.4 Å². The fraction of sp³-hybridized carbons (Fsp3) is 0.692. The molecular formula is C13H20F2N4OS. The van der Waals surface area contributed by atoms with E-state index in [4.69, 9.17) is 0 Å². The van der Waals surface area contributed by atoms with Crippen LogP contribution in [0, 0.1) is 0 Å². The summed E-state index contributed by atoms with van der Waals surface area (Å²) in [5.74, 6) is 1.59. The van der Waals surface area contributed by atoms with Gasteiger partial charge in [-0.15, -0.1) is 0 Å². The van der Waals surface area contributed by atoms with Crippen LogP contribution >= 0.6 is 11.9 Å². The van der Waals surface area contributed by atoms with Crippen LogP contribution < -0.4 is 10.1 Å². The smallest absolute Gasteiger partial charge is 0.387 e. The molecular weight excluding hydrogens is 298 g/mol. The van der Waals surface area contributed by atoms with Gasteiger partial charge in [0, 0.05) is 24.9 Å². The normalized spacial score (nSPS) is 17.1. The zero-order valence-electron chi connectivity index (χ0n) is 12.0. The van der Waals surface area contributed by atoms with Gasteiger partial charge in [0.15, 0.2) is 5.75 Å². The molecule has 0 radical (unpaired) electrons. The molecule has 2 rings (SSSR count). The van der Waals surface area contributed by atoms with Gasteiger partial charge >= 0.3 is 6.61 Å². The molecule has 1 N–H and O–H groups in total. The van der Waals surface area contributed by atoms with E-state index in [1.54, 1.807) is 0 Å². The molecule has 2 heterocycles. The molecule has 1 saturated heterocycles. The van der Waals surface area contributed by atoms with E-state index in [0.29, 0.717) is 12.0 Å². The maximum Gasteiger partial charge on any atom is 0.387 e. The molecule has 1 aromatic rings. The summed E-state index contributed by atoms with van der Waals surface area (Å²) in [6.45, 7) is 1.40. The van der Waals surface area contributed by atoms with Crippen molar-refractivity contribution in [1.82, 2.24) is 14.3 Å². The second-order valence-corrected chi connectivity index (χ2v) is 5.98. The molecule has 5 nitrogen and oxygen atoms in total. The van der Waals surface area contributed by atoms with Gasteiger partial charge in [-0.3, -0.25) is 4.31 Å². The lowest BCUT2D eigenvalue weighted by molar-refractivity contribution is -0.0503. The summed E-state index contributed by atoms with van der Waals surface area (Å²) in [7, 11) is 0. The quantitative estimate of drug-likeness (QED) is 0.780. The molecule has 0 atom stereocenters. The van der Waals surface area contributed by atoms with E-state index in [0.717, 1.165) is 31.7 Å². The molecule has 0 saturated carbocycles. The molecule has 8 heteroatoms. The minimum Gasteiger partial charge on any atom is -0.432 e. The number of anilines is 1. The summed E-state index contributed by atoms with van der Waals surface area (Å²) in [5.41, 5.74) is 0. The van der Waals surface area contributed by atoms with Crippen LogP contribution in [0.5, 0.6) is 5.75 Å². The van der Waals surface area contributed by atoms with Gasteiger partial charge in [0.1, 0.15) is 0 Å². The number of ether oxygens (including phenoxy) is 1. The van der Waals surface area contributed by atoms with Crippen molar-refractivity contribution in [1.29, 1.82) is 0 Å². The van der Waals surface area contributed by atoms with E-state index >= 15 is 0 Å². The Labute approximate surface area is 127 Å². The maximum atomic E-state index is 12.0. The highest BCUT2D eigenvalue weighted by Gasteiger charge is 2.19. The first-order chi connectivity index (χ1) is 10.2. The van der Waals surface area contributed by atoms with Crippen molar-refractivity contribution in [3.05, 3.63) is 12.4 Å². The van der Waals surface area contributed by atoms with Crippen molar-refractivity contribution in [2.75, 3.05) is 24.2 Å². The predicted molar refractivity (Wildman–Crippen MR) is 79.6 cm³/mol. The van der Waals surface area contributed by atoms with E-state index in [9.17, 15) is 8.78 Å². The fourth-order valence-electron chi connectivity index (χ4n) is 2.09. The summed E-state index contributed by atoms with van der Waals surface area (Å²) in [5, 5.41) is 3.24. The molecule has 1 aromatic heterocycles. The number of alkyl halides is 2. The summed E-state index contributed by atoms with van der Waals surface area (Å²) in [6.07, 6.45) is 5.75. The van der Waals surface area contributed by atoms with Crippen LogP contribution in [0.3, 0.4) is 0 Å². The Balaban J connectivity index is 1.75. The Morgan fingerprint density at radius 3 is 2.62 bits per heavy atom. The third kappa shape index (κ3) is 5.62. The lowest BCUT2D eigenvalue weighted by Crippen LogP contribution is -2.36. The average Bonchev–Trinajstić information content (AvgIpc) is 2.48. The number of hydrogen-bond acceptors (Lipinski definition) is 6. The summed E-state index contributed by atoms with van der Waals surface area (Å²) < 4.78 is 30.6. The lowest BCUT2D eigenvalue weighted by atomic mass is 10.1. The highest BCUT2D eigenvalue weighted by atomic mass is 32.2. The van der Waals surface area contributed by atoms with Crippen LogP contribution in [0.2, 0.25) is 0 Å². The Hall–Kier alpha value is -1.15. The third-order valence-corrected chi connectivity index (χ3v) is 4.44. The first kappa shape index (κ1) is 16.2. The summed E-state index contributed by atoms with van der Waals surface area (Å²) in [6, 6.07) is 0.324. The zero-order chi connectivity index (χ0) is 15.1. The van der Waals surface area contributed by atoms with E-state index in [1.807, 2.05) is 11.9 Å². The van der Waals surface area contributed by atoms with Gasteiger partial charge in [0.2, 0.25) is 5.95 Å². The fourth-order valence-corrected chi connectivity index (χ4v) is 3.00. The van der Waals surface area contributed by atoms with E-state index < -0.39 is 6.61 Å². The van der Waals surface area contributed by atoms with Crippen molar-refractivity contribution >= 4 is 17.9 Å². The van der Waals surface area contributed by atoms with Gasteiger partial charge in [-0.05, 0) is 19.3 Å². The van der Waals surface area contributed by atoms with Crippen molar-refractivity contribution in [2.45, 2.75) is 38.8 Å². The predicted octanol–water partition coefficient (Wildman–Crippen LogP) is 3.01. The number of aromatic nitrogens is 2. The minimum atomic E-state index is -2.85. The molecule has 1 aliphatic rings.